The SMILES string of the molecule is O=C(c1ccccc1)c1ccc2nc(NC(=O)c3csc(C4CCN(c5cc(C(F)(F)F)ncn5)CC4)n3)[nH]c2c1. The van der Waals surface area contributed by atoms with E-state index in [-0.39, 0.29) is 29.2 Å². The minimum absolute atomic E-state index is 0.0773. The maximum Gasteiger partial charge on any atom is 0.433 e. The molecule has 13 heteroatoms. The third-order valence-electron chi connectivity index (χ3n) is 6.88. The summed E-state index contributed by atoms with van der Waals surface area (Å²) in [5.74, 6) is 0.0166. The number of nitrogens with zero attached hydrogens (tertiary/aromatic N) is 5. The number of H-pyrrole nitrogens is 1. The van der Waals surface area contributed by atoms with Crippen molar-refractivity contribution >= 4 is 45.8 Å². The minimum Gasteiger partial charge on any atom is -0.356 e. The molecule has 1 aliphatic rings. The molecule has 9 nitrogen and oxygen atoms in total. The lowest BCUT2D eigenvalue weighted by molar-refractivity contribution is -0.141. The lowest BCUT2D eigenvalue weighted by Crippen LogP contribution is -2.33. The molecule has 0 atom stereocenters. The Morgan fingerprint density at radius 1 is 0.976 bits per heavy atom. The molecule has 1 aliphatic heterocycles. The van der Waals surface area contributed by atoms with Crippen LogP contribution >= 0.6 is 11.3 Å². The lowest BCUT2D eigenvalue weighted by Gasteiger charge is -2.32. The van der Waals surface area contributed by atoms with Gasteiger partial charge in [-0.25, -0.2) is 19.9 Å². The van der Waals surface area contributed by atoms with Crippen LogP contribution in [0.15, 0.2) is 66.3 Å². The Morgan fingerprint density at radius 3 is 2.51 bits per heavy atom. The molecule has 0 unspecified atom stereocenters. The summed E-state index contributed by atoms with van der Waals surface area (Å²) in [7, 11) is 0. The van der Waals surface area contributed by atoms with Crippen LogP contribution in [-0.2, 0) is 6.18 Å². The van der Waals surface area contributed by atoms with E-state index in [9.17, 15) is 22.8 Å². The van der Waals surface area contributed by atoms with Crippen molar-refractivity contribution in [2.24, 2.45) is 0 Å². The molecule has 1 saturated heterocycles. The van der Waals surface area contributed by atoms with Crippen LogP contribution in [0.4, 0.5) is 24.9 Å². The molecule has 6 rings (SSSR count). The Labute approximate surface area is 235 Å². The van der Waals surface area contributed by atoms with Crippen molar-refractivity contribution in [2.45, 2.75) is 24.9 Å². The van der Waals surface area contributed by atoms with Crippen LogP contribution in [-0.4, -0.2) is 49.7 Å². The number of nitrogens with one attached hydrogen (secondary N) is 2. The number of imidazole rings is 1. The van der Waals surface area contributed by atoms with Crippen LogP contribution in [0, 0.1) is 0 Å². The molecule has 0 bridgehead atoms. The van der Waals surface area contributed by atoms with Gasteiger partial charge in [-0.15, -0.1) is 11.3 Å². The lowest BCUT2D eigenvalue weighted by atomic mass is 9.97. The second kappa shape index (κ2) is 10.7. The largest absolute Gasteiger partial charge is 0.433 e. The fourth-order valence-electron chi connectivity index (χ4n) is 4.75. The minimum atomic E-state index is -4.53. The van der Waals surface area contributed by atoms with Crippen LogP contribution in [0.1, 0.15) is 55.9 Å². The molecule has 0 radical (unpaired) electrons. The van der Waals surface area contributed by atoms with Crippen molar-refractivity contribution in [1.82, 2.24) is 24.9 Å². The highest BCUT2D eigenvalue weighted by Crippen LogP contribution is 2.34. The third kappa shape index (κ3) is 5.66. The highest BCUT2D eigenvalue weighted by Gasteiger charge is 2.34. The van der Waals surface area contributed by atoms with Gasteiger partial charge in [-0.1, -0.05) is 30.3 Å². The number of aromatic nitrogens is 5. The first-order valence-electron chi connectivity index (χ1n) is 12.7. The van der Waals surface area contributed by atoms with Gasteiger partial charge >= 0.3 is 6.18 Å². The normalized spacial score (nSPS) is 14.4. The summed E-state index contributed by atoms with van der Waals surface area (Å²) in [4.78, 5) is 46.8. The number of hydrogen-bond acceptors (Lipinski definition) is 8. The second-order valence-electron chi connectivity index (χ2n) is 9.56. The summed E-state index contributed by atoms with van der Waals surface area (Å²) in [5, 5.41) is 5.20. The highest BCUT2D eigenvalue weighted by molar-refractivity contribution is 7.10. The molecule has 1 fully saturated rings. The predicted octanol–water partition coefficient (Wildman–Crippen LogP) is 5.70. The van der Waals surface area contributed by atoms with Crippen LogP contribution in [0.2, 0.25) is 0 Å². The molecule has 0 saturated carbocycles. The molecule has 2 N–H and O–H groups in total. The van der Waals surface area contributed by atoms with E-state index in [2.05, 4.69) is 30.2 Å². The number of alkyl halides is 3. The molecule has 2 aromatic carbocycles. The second-order valence-corrected chi connectivity index (χ2v) is 10.4. The molecule has 41 heavy (non-hydrogen) atoms. The van der Waals surface area contributed by atoms with Gasteiger partial charge < -0.3 is 9.88 Å². The third-order valence-corrected chi connectivity index (χ3v) is 7.89. The van der Waals surface area contributed by atoms with Gasteiger partial charge in [0.05, 0.1) is 16.0 Å². The van der Waals surface area contributed by atoms with Crippen molar-refractivity contribution in [1.29, 1.82) is 0 Å². The first-order valence-corrected chi connectivity index (χ1v) is 13.6. The Morgan fingerprint density at radius 2 is 1.76 bits per heavy atom. The van der Waals surface area contributed by atoms with Crippen molar-refractivity contribution in [3.05, 3.63) is 93.8 Å². The first kappa shape index (κ1) is 26.6. The summed E-state index contributed by atoms with van der Waals surface area (Å²) >= 11 is 1.37. The summed E-state index contributed by atoms with van der Waals surface area (Å²) in [6.45, 7) is 1.02. The predicted molar refractivity (Wildman–Crippen MR) is 147 cm³/mol. The Bertz CT molecular complexity index is 1730. The van der Waals surface area contributed by atoms with Gasteiger partial charge in [0.25, 0.3) is 5.91 Å². The van der Waals surface area contributed by atoms with Crippen molar-refractivity contribution in [2.75, 3.05) is 23.3 Å². The summed E-state index contributed by atoms with van der Waals surface area (Å²) in [6.07, 6.45) is -2.27. The number of ketones is 1. The topological polar surface area (TPSA) is 117 Å². The quantitative estimate of drug-likeness (QED) is 0.249. The highest BCUT2D eigenvalue weighted by atomic mass is 32.1. The van der Waals surface area contributed by atoms with E-state index >= 15 is 0 Å². The summed E-state index contributed by atoms with van der Waals surface area (Å²) < 4.78 is 39.0. The maximum atomic E-state index is 13.0. The van der Waals surface area contributed by atoms with Crippen LogP contribution in [0.3, 0.4) is 0 Å². The molecule has 208 valence electrons. The van der Waals surface area contributed by atoms with Gasteiger partial charge in [0.2, 0.25) is 5.95 Å². The number of amides is 1. The van der Waals surface area contributed by atoms with Crippen LogP contribution in [0.25, 0.3) is 11.0 Å². The zero-order chi connectivity index (χ0) is 28.6. The number of halogens is 3. The van der Waals surface area contributed by atoms with E-state index in [1.54, 1.807) is 52.7 Å². The molecule has 4 heterocycles. The summed E-state index contributed by atoms with van der Waals surface area (Å²) in [5.41, 5.74) is 1.57. The number of rotatable bonds is 6. The van der Waals surface area contributed by atoms with E-state index in [0.29, 0.717) is 48.1 Å². The molecule has 1 amide bonds. The van der Waals surface area contributed by atoms with E-state index in [1.807, 2.05) is 6.07 Å². The van der Waals surface area contributed by atoms with Gasteiger partial charge in [-0.05, 0) is 31.0 Å². The average Bonchev–Trinajstić information content (AvgIpc) is 3.64. The van der Waals surface area contributed by atoms with Gasteiger partial charge in [-0.2, -0.15) is 13.2 Å². The number of aromatic amines is 1. The first-order chi connectivity index (χ1) is 19.7. The monoisotopic (exact) mass is 577 g/mol. The van der Waals surface area contributed by atoms with Crippen molar-refractivity contribution in [3.8, 4) is 0 Å². The fraction of sp³-hybridized carbons (Fsp3) is 0.214. The van der Waals surface area contributed by atoms with E-state index < -0.39 is 17.8 Å². The van der Waals surface area contributed by atoms with Crippen molar-refractivity contribution < 1.29 is 22.8 Å². The zero-order valence-corrected chi connectivity index (χ0v) is 22.2. The molecule has 5 aromatic rings. The molecular weight excluding hydrogens is 555 g/mol. The number of carbonyl (C=O) groups is 2. The molecule has 0 spiro atoms. The Hall–Kier alpha value is -4.65. The maximum absolute atomic E-state index is 13.0. The van der Waals surface area contributed by atoms with Crippen LogP contribution in [0.5, 0.6) is 0 Å². The number of piperidine rings is 1. The Kier molecular flexibility index (Phi) is 6.95. The smallest absolute Gasteiger partial charge is 0.356 e. The average molecular weight is 578 g/mol. The van der Waals surface area contributed by atoms with E-state index in [4.69, 9.17) is 0 Å². The molecule has 0 aliphatic carbocycles. The standard InChI is InChI=1S/C28H22F3N7O2S/c29-28(30,31)22-13-23(33-15-32-22)38-10-8-17(9-11-38)26-34-21(14-41-26)25(40)37-27-35-19-7-6-18(12-20(19)36-27)24(39)16-4-2-1-3-5-16/h1-7,12-15,17H,8-11H2,(H2,35,36,37,40). The van der Waals surface area contributed by atoms with Gasteiger partial charge in [0, 0.05) is 41.6 Å². The summed E-state index contributed by atoms with van der Waals surface area (Å²) in [6, 6.07) is 15.0. The number of carbonyl (C=O) groups excluding carboxylic acids is 2. The Balaban J connectivity index is 1.09. The molecular formula is C28H22F3N7O2S. The van der Waals surface area contributed by atoms with Crippen molar-refractivity contribution in [3.63, 3.8) is 0 Å². The van der Waals surface area contributed by atoms with Gasteiger partial charge in [0.1, 0.15) is 23.5 Å². The molecule has 3 aromatic heterocycles. The number of benzene rings is 2. The number of thiazole rings is 1. The van der Waals surface area contributed by atoms with E-state index in [1.165, 1.54) is 11.3 Å². The fourth-order valence-corrected chi connectivity index (χ4v) is 5.72. The number of fused-ring (bicyclic) bond motifs is 1. The zero-order valence-electron chi connectivity index (χ0n) is 21.4. The van der Waals surface area contributed by atoms with E-state index in [0.717, 1.165) is 17.4 Å². The van der Waals surface area contributed by atoms with Crippen LogP contribution < -0.4 is 10.2 Å². The number of hydrogen-bond donors (Lipinski definition) is 2. The number of anilines is 2. The van der Waals surface area contributed by atoms with Gasteiger partial charge in [0.15, 0.2) is 5.78 Å². The van der Waals surface area contributed by atoms with Gasteiger partial charge in [-0.3, -0.25) is 14.9 Å².